The number of aryl methyl sites for hydroxylation is 2. The highest BCUT2D eigenvalue weighted by atomic mass is 32.2. The summed E-state index contributed by atoms with van der Waals surface area (Å²) in [5.74, 6) is -0.871. The molecule has 0 saturated heterocycles. The van der Waals surface area contributed by atoms with Crippen LogP contribution in [0.1, 0.15) is 16.7 Å². The van der Waals surface area contributed by atoms with Gasteiger partial charge in [-0.05, 0) is 61.4 Å². The molecule has 0 aliphatic carbocycles. The zero-order valence-corrected chi connectivity index (χ0v) is 19.0. The first-order chi connectivity index (χ1) is 15.9. The van der Waals surface area contributed by atoms with Gasteiger partial charge < -0.3 is 5.32 Å². The summed E-state index contributed by atoms with van der Waals surface area (Å²) in [7, 11) is 0. The first-order valence-corrected chi connectivity index (χ1v) is 11.3. The van der Waals surface area contributed by atoms with Gasteiger partial charge >= 0.3 is 0 Å². The first-order valence-electron chi connectivity index (χ1n) is 10.4. The van der Waals surface area contributed by atoms with Crippen molar-refractivity contribution in [2.75, 3.05) is 16.0 Å². The van der Waals surface area contributed by atoms with Crippen molar-refractivity contribution in [1.82, 2.24) is 0 Å². The van der Waals surface area contributed by atoms with E-state index in [4.69, 9.17) is 0 Å². The van der Waals surface area contributed by atoms with Gasteiger partial charge in [0, 0.05) is 5.69 Å². The van der Waals surface area contributed by atoms with Crippen LogP contribution >= 0.6 is 11.8 Å². The molecule has 0 bridgehead atoms. The molecular formula is C26H22FN3O2S. The Labute approximate surface area is 196 Å². The summed E-state index contributed by atoms with van der Waals surface area (Å²) >= 11 is 1.15. The lowest BCUT2D eigenvalue weighted by Crippen LogP contribution is -2.31. The minimum Gasteiger partial charge on any atom is -0.325 e. The fourth-order valence-electron chi connectivity index (χ4n) is 3.39. The normalized spacial score (nSPS) is 14.5. The Balaban J connectivity index is 1.56. The van der Waals surface area contributed by atoms with Crippen LogP contribution < -0.4 is 10.2 Å². The Morgan fingerprint density at radius 2 is 1.79 bits per heavy atom. The predicted molar refractivity (Wildman–Crippen MR) is 133 cm³/mol. The number of benzene rings is 3. The zero-order valence-electron chi connectivity index (χ0n) is 18.2. The van der Waals surface area contributed by atoms with Crippen LogP contribution in [-0.2, 0) is 9.59 Å². The van der Waals surface area contributed by atoms with Crippen molar-refractivity contribution in [3.05, 3.63) is 101 Å². The standard InChI is InChI=1S/C26H22FN3O2S/c1-17-8-13-22(18(2)14-17)28-24(31)16-33-26-29-23(15-19-6-4-3-5-7-19)25(32)30(26)21-11-9-20(27)10-12-21/h3-15H,16H2,1-2H3,(H,28,31)/b23-15-. The number of hydrogen-bond donors (Lipinski definition) is 1. The van der Waals surface area contributed by atoms with Gasteiger partial charge in [0.1, 0.15) is 11.5 Å². The second-order valence-corrected chi connectivity index (χ2v) is 8.55. The molecule has 0 fully saturated rings. The number of halogens is 1. The van der Waals surface area contributed by atoms with Crippen molar-refractivity contribution in [2.24, 2.45) is 4.99 Å². The van der Waals surface area contributed by atoms with E-state index < -0.39 is 5.82 Å². The van der Waals surface area contributed by atoms with Gasteiger partial charge in [0.15, 0.2) is 5.17 Å². The van der Waals surface area contributed by atoms with E-state index in [0.29, 0.717) is 10.9 Å². The molecule has 0 radical (unpaired) electrons. The number of aliphatic imine (C=N–C) groups is 1. The number of carbonyl (C=O) groups excluding carboxylic acids is 2. The fourth-order valence-corrected chi connectivity index (χ4v) is 4.20. The number of thioether (sulfide) groups is 1. The van der Waals surface area contributed by atoms with Gasteiger partial charge in [-0.25, -0.2) is 9.38 Å². The van der Waals surface area contributed by atoms with Crippen molar-refractivity contribution in [3.63, 3.8) is 0 Å². The summed E-state index contributed by atoms with van der Waals surface area (Å²) in [6, 6.07) is 20.8. The van der Waals surface area contributed by atoms with Crippen LogP contribution in [0.25, 0.3) is 6.08 Å². The van der Waals surface area contributed by atoms with Gasteiger partial charge in [-0.2, -0.15) is 0 Å². The molecule has 33 heavy (non-hydrogen) atoms. The molecule has 1 aliphatic heterocycles. The van der Waals surface area contributed by atoms with Gasteiger partial charge in [0.25, 0.3) is 5.91 Å². The van der Waals surface area contributed by atoms with Gasteiger partial charge in [0.2, 0.25) is 5.91 Å². The molecule has 0 spiro atoms. The molecule has 5 nitrogen and oxygen atoms in total. The minimum absolute atomic E-state index is 0.0652. The Hall–Kier alpha value is -3.71. The second-order valence-electron chi connectivity index (χ2n) is 7.61. The Morgan fingerprint density at radius 1 is 1.06 bits per heavy atom. The Bertz CT molecular complexity index is 1250. The van der Waals surface area contributed by atoms with E-state index in [1.807, 2.05) is 62.4 Å². The summed E-state index contributed by atoms with van der Waals surface area (Å²) in [6.45, 7) is 3.93. The van der Waals surface area contributed by atoms with Crippen LogP contribution in [0.4, 0.5) is 15.8 Å². The third kappa shape index (κ3) is 5.38. The Morgan fingerprint density at radius 3 is 2.48 bits per heavy atom. The number of carbonyl (C=O) groups is 2. The van der Waals surface area contributed by atoms with Crippen LogP contribution in [0.2, 0.25) is 0 Å². The van der Waals surface area contributed by atoms with Crippen LogP contribution in [0.5, 0.6) is 0 Å². The molecule has 1 N–H and O–H groups in total. The molecule has 2 amide bonds. The SMILES string of the molecule is Cc1ccc(NC(=O)CSC2=N/C(=C\c3ccccc3)C(=O)N2c2ccc(F)cc2)c(C)c1. The summed E-state index contributed by atoms with van der Waals surface area (Å²) < 4.78 is 13.4. The van der Waals surface area contributed by atoms with E-state index in [1.165, 1.54) is 29.2 Å². The monoisotopic (exact) mass is 459 g/mol. The second kappa shape index (κ2) is 9.83. The number of rotatable bonds is 5. The fraction of sp³-hybridized carbons (Fsp3) is 0.115. The Kier molecular flexibility index (Phi) is 6.70. The van der Waals surface area contributed by atoms with Gasteiger partial charge in [-0.3, -0.25) is 14.5 Å². The largest absolute Gasteiger partial charge is 0.325 e. The summed E-state index contributed by atoms with van der Waals surface area (Å²) in [5, 5.41) is 3.27. The molecule has 0 aromatic heterocycles. The summed E-state index contributed by atoms with van der Waals surface area (Å²) in [4.78, 5) is 31.6. The number of nitrogens with one attached hydrogen (secondary N) is 1. The van der Waals surface area contributed by atoms with Crippen molar-refractivity contribution in [2.45, 2.75) is 13.8 Å². The van der Waals surface area contributed by atoms with Crippen molar-refractivity contribution < 1.29 is 14.0 Å². The lowest BCUT2D eigenvalue weighted by atomic mass is 10.1. The number of amidine groups is 1. The number of amides is 2. The van der Waals surface area contributed by atoms with Crippen LogP contribution in [0.3, 0.4) is 0 Å². The maximum absolute atomic E-state index is 13.4. The highest BCUT2D eigenvalue weighted by molar-refractivity contribution is 8.14. The third-order valence-corrected chi connectivity index (χ3v) is 5.94. The molecule has 4 rings (SSSR count). The molecule has 0 saturated carbocycles. The smallest absolute Gasteiger partial charge is 0.283 e. The quantitative estimate of drug-likeness (QED) is 0.508. The lowest BCUT2D eigenvalue weighted by molar-refractivity contribution is -0.114. The molecular weight excluding hydrogens is 437 g/mol. The third-order valence-electron chi connectivity index (χ3n) is 5.01. The average Bonchev–Trinajstić information content (AvgIpc) is 3.10. The molecule has 7 heteroatoms. The maximum atomic E-state index is 13.4. The van der Waals surface area contributed by atoms with E-state index in [2.05, 4.69) is 10.3 Å². The molecule has 0 unspecified atom stereocenters. The van der Waals surface area contributed by atoms with E-state index in [9.17, 15) is 14.0 Å². The summed E-state index contributed by atoms with van der Waals surface area (Å²) in [6.07, 6.45) is 1.70. The van der Waals surface area contributed by atoms with Gasteiger partial charge in [-0.15, -0.1) is 0 Å². The van der Waals surface area contributed by atoms with E-state index in [-0.39, 0.29) is 23.3 Å². The summed E-state index contributed by atoms with van der Waals surface area (Å²) in [5.41, 5.74) is 4.41. The van der Waals surface area contributed by atoms with Gasteiger partial charge in [-0.1, -0.05) is 59.8 Å². The van der Waals surface area contributed by atoms with Crippen molar-refractivity contribution >= 4 is 46.2 Å². The molecule has 1 heterocycles. The molecule has 166 valence electrons. The molecule has 0 atom stereocenters. The molecule has 3 aromatic rings. The van der Waals surface area contributed by atoms with Crippen LogP contribution in [0.15, 0.2) is 83.5 Å². The molecule has 1 aliphatic rings. The van der Waals surface area contributed by atoms with Gasteiger partial charge in [0.05, 0.1) is 11.4 Å². The van der Waals surface area contributed by atoms with E-state index >= 15 is 0 Å². The van der Waals surface area contributed by atoms with Crippen molar-refractivity contribution in [1.29, 1.82) is 0 Å². The molecule has 3 aromatic carbocycles. The number of anilines is 2. The zero-order chi connectivity index (χ0) is 23.4. The highest BCUT2D eigenvalue weighted by Crippen LogP contribution is 2.29. The van der Waals surface area contributed by atoms with Crippen LogP contribution in [-0.4, -0.2) is 22.7 Å². The van der Waals surface area contributed by atoms with E-state index in [1.54, 1.807) is 6.08 Å². The first kappa shape index (κ1) is 22.5. The van der Waals surface area contributed by atoms with Crippen molar-refractivity contribution in [3.8, 4) is 0 Å². The van der Waals surface area contributed by atoms with E-state index in [0.717, 1.165) is 34.1 Å². The number of nitrogens with zero attached hydrogens (tertiary/aromatic N) is 2. The highest BCUT2D eigenvalue weighted by Gasteiger charge is 2.32. The lowest BCUT2D eigenvalue weighted by Gasteiger charge is -2.17. The average molecular weight is 460 g/mol. The van der Waals surface area contributed by atoms with Crippen LogP contribution in [0, 0.1) is 19.7 Å². The predicted octanol–water partition coefficient (Wildman–Crippen LogP) is 5.56. The maximum Gasteiger partial charge on any atom is 0.283 e. The minimum atomic E-state index is -0.399. The topological polar surface area (TPSA) is 61.8 Å². The number of hydrogen-bond acceptors (Lipinski definition) is 4.